The number of aromatic nitrogens is 1. The smallest absolute Gasteiger partial charge is 0.150 e. The highest BCUT2D eigenvalue weighted by Crippen LogP contribution is 2.14. The molecule has 0 unspecified atom stereocenters. The van der Waals surface area contributed by atoms with Gasteiger partial charge in [-0.1, -0.05) is 5.16 Å². The average molecular weight is 198 g/mol. The molecule has 78 valence electrons. The fourth-order valence-corrected chi connectivity index (χ4v) is 1.69. The predicted molar refractivity (Wildman–Crippen MR) is 48.5 cm³/mol. The van der Waals surface area contributed by atoms with Crippen molar-refractivity contribution in [1.29, 1.82) is 0 Å². The summed E-state index contributed by atoms with van der Waals surface area (Å²) < 4.78 is 5.04. The largest absolute Gasteiger partial charge is 0.389 e. The molecule has 2 atom stereocenters. The van der Waals surface area contributed by atoms with Crippen LogP contribution in [0.4, 0.5) is 0 Å². The molecule has 2 N–H and O–H groups in total. The Labute approximate surface area is 81.9 Å². The standard InChI is InChI=1S/C9H14N2O3/c1-6-2-7(14-10-6)3-11-4-8(12)9(13)5-11/h2,8-9,12-13H,3-5H2,1H3/t8-,9+. The van der Waals surface area contributed by atoms with Crippen molar-refractivity contribution in [3.05, 3.63) is 17.5 Å². The van der Waals surface area contributed by atoms with Gasteiger partial charge in [0.15, 0.2) is 5.76 Å². The van der Waals surface area contributed by atoms with Crippen LogP contribution < -0.4 is 0 Å². The van der Waals surface area contributed by atoms with Crippen LogP contribution in [0.25, 0.3) is 0 Å². The molecule has 1 saturated heterocycles. The van der Waals surface area contributed by atoms with Gasteiger partial charge in [-0.3, -0.25) is 4.90 Å². The van der Waals surface area contributed by atoms with Gasteiger partial charge >= 0.3 is 0 Å². The molecule has 1 aromatic heterocycles. The van der Waals surface area contributed by atoms with Gasteiger partial charge in [-0.2, -0.15) is 0 Å². The number of nitrogens with zero attached hydrogens (tertiary/aromatic N) is 2. The monoisotopic (exact) mass is 198 g/mol. The zero-order valence-corrected chi connectivity index (χ0v) is 8.05. The number of hydrogen-bond donors (Lipinski definition) is 2. The van der Waals surface area contributed by atoms with E-state index in [0.717, 1.165) is 11.5 Å². The van der Waals surface area contributed by atoms with Crippen LogP contribution in [0, 0.1) is 6.92 Å². The van der Waals surface area contributed by atoms with Crippen LogP contribution >= 0.6 is 0 Å². The van der Waals surface area contributed by atoms with Gasteiger partial charge < -0.3 is 14.7 Å². The lowest BCUT2D eigenvalue weighted by atomic mass is 10.3. The normalized spacial score (nSPS) is 28.5. The molecule has 0 amide bonds. The number of aliphatic hydroxyl groups excluding tert-OH is 2. The van der Waals surface area contributed by atoms with E-state index in [1.807, 2.05) is 17.9 Å². The first-order valence-electron chi connectivity index (χ1n) is 4.66. The second-order valence-corrected chi connectivity index (χ2v) is 3.76. The highest BCUT2D eigenvalue weighted by Gasteiger charge is 2.29. The molecule has 1 aliphatic rings. The maximum absolute atomic E-state index is 9.31. The molecule has 2 rings (SSSR count). The second-order valence-electron chi connectivity index (χ2n) is 3.76. The minimum Gasteiger partial charge on any atom is -0.389 e. The molecule has 5 heteroatoms. The van der Waals surface area contributed by atoms with Gasteiger partial charge in [0.2, 0.25) is 0 Å². The van der Waals surface area contributed by atoms with Crippen molar-refractivity contribution in [2.24, 2.45) is 0 Å². The molecule has 0 aromatic carbocycles. The molecular formula is C9H14N2O3. The van der Waals surface area contributed by atoms with E-state index in [1.165, 1.54) is 0 Å². The summed E-state index contributed by atoms with van der Waals surface area (Å²) in [6.07, 6.45) is -1.28. The Balaban J connectivity index is 1.93. The summed E-state index contributed by atoms with van der Waals surface area (Å²) in [7, 11) is 0. The SMILES string of the molecule is Cc1cc(CN2C[C@@H](O)[C@@H](O)C2)on1. The van der Waals surface area contributed by atoms with Crippen molar-refractivity contribution < 1.29 is 14.7 Å². The molecular weight excluding hydrogens is 184 g/mol. The van der Waals surface area contributed by atoms with Crippen LogP contribution in [0.3, 0.4) is 0 Å². The molecule has 0 saturated carbocycles. The molecule has 5 nitrogen and oxygen atoms in total. The minimum absolute atomic E-state index is 0.487. The molecule has 0 spiro atoms. The summed E-state index contributed by atoms with van der Waals surface area (Å²) in [6, 6.07) is 1.86. The Morgan fingerprint density at radius 1 is 1.50 bits per heavy atom. The van der Waals surface area contributed by atoms with Crippen LogP contribution in [-0.4, -0.2) is 45.6 Å². The van der Waals surface area contributed by atoms with E-state index in [1.54, 1.807) is 0 Å². The molecule has 1 fully saturated rings. The van der Waals surface area contributed by atoms with Crippen molar-refractivity contribution in [3.63, 3.8) is 0 Å². The van der Waals surface area contributed by atoms with E-state index < -0.39 is 12.2 Å². The first-order chi connectivity index (χ1) is 6.65. The van der Waals surface area contributed by atoms with Crippen LogP contribution in [0.1, 0.15) is 11.5 Å². The van der Waals surface area contributed by atoms with Crippen molar-refractivity contribution in [2.75, 3.05) is 13.1 Å². The topological polar surface area (TPSA) is 69.7 Å². The average Bonchev–Trinajstić information content (AvgIpc) is 2.62. The Bertz CT molecular complexity index is 303. The molecule has 1 aliphatic heterocycles. The van der Waals surface area contributed by atoms with Crippen LogP contribution in [0.2, 0.25) is 0 Å². The third-order valence-electron chi connectivity index (χ3n) is 2.39. The van der Waals surface area contributed by atoms with E-state index in [9.17, 15) is 10.2 Å². The second kappa shape index (κ2) is 3.68. The van der Waals surface area contributed by atoms with Crippen LogP contribution in [-0.2, 0) is 6.54 Å². The summed E-state index contributed by atoms with van der Waals surface area (Å²) >= 11 is 0. The van der Waals surface area contributed by atoms with E-state index in [-0.39, 0.29) is 0 Å². The number of rotatable bonds is 2. The number of likely N-dealkylation sites (tertiary alicyclic amines) is 1. The maximum Gasteiger partial charge on any atom is 0.150 e. The maximum atomic E-state index is 9.31. The lowest BCUT2D eigenvalue weighted by Crippen LogP contribution is -2.22. The first-order valence-corrected chi connectivity index (χ1v) is 4.66. The van der Waals surface area contributed by atoms with E-state index in [2.05, 4.69) is 5.16 Å². The van der Waals surface area contributed by atoms with Crippen molar-refractivity contribution in [2.45, 2.75) is 25.7 Å². The summed E-state index contributed by atoms with van der Waals surface area (Å²) in [5, 5.41) is 22.4. The lowest BCUT2D eigenvalue weighted by molar-refractivity contribution is 0.0572. The Kier molecular flexibility index (Phi) is 2.54. The fraction of sp³-hybridized carbons (Fsp3) is 0.667. The molecule has 0 radical (unpaired) electrons. The van der Waals surface area contributed by atoms with Crippen LogP contribution in [0.5, 0.6) is 0 Å². The molecule has 2 heterocycles. The summed E-state index contributed by atoms with van der Waals surface area (Å²) in [6.45, 7) is 3.43. The van der Waals surface area contributed by atoms with Gasteiger partial charge in [0.1, 0.15) is 0 Å². The first kappa shape index (κ1) is 9.64. The number of aryl methyl sites for hydroxylation is 1. The van der Waals surface area contributed by atoms with E-state index >= 15 is 0 Å². The van der Waals surface area contributed by atoms with E-state index in [0.29, 0.717) is 19.6 Å². The molecule has 0 bridgehead atoms. The number of β-amino-alcohol motifs (C(OH)–C–C–N with tert-alkyl or cyclic N) is 2. The highest BCUT2D eigenvalue weighted by atomic mass is 16.5. The minimum atomic E-state index is -0.640. The number of aliphatic hydroxyl groups is 2. The van der Waals surface area contributed by atoms with Gasteiger partial charge in [0, 0.05) is 19.2 Å². The Morgan fingerprint density at radius 2 is 2.14 bits per heavy atom. The number of hydrogen-bond acceptors (Lipinski definition) is 5. The van der Waals surface area contributed by atoms with Gasteiger partial charge in [0.05, 0.1) is 24.4 Å². The molecule has 0 aliphatic carbocycles. The van der Waals surface area contributed by atoms with Crippen LogP contribution in [0.15, 0.2) is 10.6 Å². The molecule has 1 aromatic rings. The molecule has 14 heavy (non-hydrogen) atoms. The summed E-state index contributed by atoms with van der Waals surface area (Å²) in [5.41, 5.74) is 0.847. The summed E-state index contributed by atoms with van der Waals surface area (Å²) in [5.74, 6) is 0.767. The Morgan fingerprint density at radius 3 is 2.64 bits per heavy atom. The third-order valence-corrected chi connectivity index (χ3v) is 2.39. The predicted octanol–water partition coefficient (Wildman–Crippen LogP) is -0.480. The quantitative estimate of drug-likeness (QED) is 0.671. The van der Waals surface area contributed by atoms with Crippen molar-refractivity contribution >= 4 is 0 Å². The summed E-state index contributed by atoms with van der Waals surface area (Å²) in [4.78, 5) is 1.94. The lowest BCUT2D eigenvalue weighted by Gasteiger charge is -2.11. The van der Waals surface area contributed by atoms with Gasteiger partial charge in [0.25, 0.3) is 0 Å². The van der Waals surface area contributed by atoms with Gasteiger partial charge in [-0.15, -0.1) is 0 Å². The zero-order valence-electron chi connectivity index (χ0n) is 8.05. The fourth-order valence-electron chi connectivity index (χ4n) is 1.69. The Hall–Kier alpha value is -0.910. The van der Waals surface area contributed by atoms with Gasteiger partial charge in [-0.05, 0) is 6.92 Å². The van der Waals surface area contributed by atoms with Gasteiger partial charge in [-0.25, -0.2) is 0 Å². The third kappa shape index (κ3) is 1.95. The highest BCUT2D eigenvalue weighted by molar-refractivity contribution is 5.03. The van der Waals surface area contributed by atoms with E-state index in [4.69, 9.17) is 4.52 Å². The van der Waals surface area contributed by atoms with Crippen molar-refractivity contribution in [3.8, 4) is 0 Å². The van der Waals surface area contributed by atoms with Crippen molar-refractivity contribution in [1.82, 2.24) is 10.1 Å². The zero-order chi connectivity index (χ0) is 10.1.